The maximum absolute atomic E-state index is 14.3. The van der Waals surface area contributed by atoms with Gasteiger partial charge in [0.15, 0.2) is 0 Å². The number of hydrogen-bond donors (Lipinski definition) is 1. The first-order valence-corrected chi connectivity index (χ1v) is 15.5. The molecule has 1 aliphatic heterocycles. The Morgan fingerprint density at radius 3 is 2.46 bits per heavy atom. The molecule has 4 atom stereocenters. The SMILES string of the molecule is C=CC[C@@]1(C)CC(c2cccc(Cl)c2)C(c2ccc(Cl)cc2)N(C(CC)CNS(=O)(=O)CCCCl)C1=O. The summed E-state index contributed by atoms with van der Waals surface area (Å²) in [6.07, 6.45) is 3.81. The number of allylic oxidation sites excluding steroid dienone is 1. The van der Waals surface area contributed by atoms with Crippen LogP contribution < -0.4 is 4.72 Å². The largest absolute Gasteiger partial charge is 0.330 e. The summed E-state index contributed by atoms with van der Waals surface area (Å²) in [5, 5.41) is 1.23. The third kappa shape index (κ3) is 7.30. The highest BCUT2D eigenvalue weighted by atomic mass is 35.5. The quantitative estimate of drug-likeness (QED) is 0.216. The number of carbonyl (C=O) groups excluding carboxylic acids is 1. The van der Waals surface area contributed by atoms with E-state index in [-0.39, 0.29) is 42.1 Å². The molecule has 9 heteroatoms. The molecular formula is C28H35Cl3N2O3S. The van der Waals surface area contributed by atoms with Gasteiger partial charge in [0.05, 0.1) is 17.2 Å². The number of benzene rings is 2. The Bertz CT molecular complexity index is 1190. The number of sulfonamides is 1. The highest BCUT2D eigenvalue weighted by Crippen LogP contribution is 2.52. The molecule has 0 aromatic heterocycles. The summed E-state index contributed by atoms with van der Waals surface area (Å²) in [5.41, 5.74) is 1.26. The second-order valence-corrected chi connectivity index (χ2v) is 13.1. The van der Waals surface area contributed by atoms with Crippen molar-refractivity contribution >= 4 is 50.7 Å². The first-order valence-electron chi connectivity index (χ1n) is 12.5. The minimum Gasteiger partial charge on any atom is -0.330 e. The van der Waals surface area contributed by atoms with E-state index in [0.29, 0.717) is 35.7 Å². The van der Waals surface area contributed by atoms with Gasteiger partial charge in [0.1, 0.15) is 0 Å². The highest BCUT2D eigenvalue weighted by Gasteiger charge is 2.50. The second kappa shape index (κ2) is 13.0. The van der Waals surface area contributed by atoms with Crippen molar-refractivity contribution in [3.8, 4) is 0 Å². The summed E-state index contributed by atoms with van der Waals surface area (Å²) in [6.45, 7) is 7.97. The Kier molecular flexibility index (Phi) is 10.5. The van der Waals surface area contributed by atoms with Crippen LogP contribution >= 0.6 is 34.8 Å². The topological polar surface area (TPSA) is 66.5 Å². The number of nitrogens with one attached hydrogen (secondary N) is 1. The van der Waals surface area contributed by atoms with Crippen molar-refractivity contribution in [2.24, 2.45) is 5.41 Å². The zero-order valence-electron chi connectivity index (χ0n) is 21.3. The molecule has 0 spiro atoms. The van der Waals surface area contributed by atoms with Crippen molar-refractivity contribution in [2.75, 3.05) is 18.2 Å². The zero-order valence-corrected chi connectivity index (χ0v) is 24.4. The van der Waals surface area contributed by atoms with Gasteiger partial charge in [-0.1, -0.05) is 67.4 Å². The van der Waals surface area contributed by atoms with Gasteiger partial charge in [-0.2, -0.15) is 0 Å². The third-order valence-corrected chi connectivity index (χ3v) is 9.32. The first-order chi connectivity index (χ1) is 17.5. The van der Waals surface area contributed by atoms with Crippen molar-refractivity contribution in [2.45, 2.75) is 57.5 Å². The van der Waals surface area contributed by atoms with Crippen LogP contribution in [-0.4, -0.2) is 43.4 Å². The van der Waals surface area contributed by atoms with Crippen molar-refractivity contribution in [3.63, 3.8) is 0 Å². The van der Waals surface area contributed by atoms with Gasteiger partial charge in [0.25, 0.3) is 0 Å². The van der Waals surface area contributed by atoms with Crippen LogP contribution in [0, 0.1) is 5.41 Å². The van der Waals surface area contributed by atoms with Crippen LogP contribution in [0.2, 0.25) is 10.0 Å². The lowest BCUT2D eigenvalue weighted by molar-refractivity contribution is -0.154. The van der Waals surface area contributed by atoms with E-state index in [1.165, 1.54) is 0 Å². The number of piperidine rings is 1. The van der Waals surface area contributed by atoms with Gasteiger partial charge in [-0.05, 0) is 61.1 Å². The number of alkyl halides is 1. The molecule has 0 radical (unpaired) electrons. The fraction of sp³-hybridized carbons (Fsp3) is 0.464. The molecule has 5 nitrogen and oxygen atoms in total. The van der Waals surface area contributed by atoms with Crippen LogP contribution in [0.25, 0.3) is 0 Å². The van der Waals surface area contributed by atoms with E-state index in [0.717, 1.165) is 11.1 Å². The molecule has 1 saturated heterocycles. The number of likely N-dealkylation sites (tertiary alicyclic amines) is 1. The van der Waals surface area contributed by atoms with E-state index in [4.69, 9.17) is 34.8 Å². The number of carbonyl (C=O) groups is 1. The van der Waals surface area contributed by atoms with Crippen molar-refractivity contribution in [3.05, 3.63) is 82.4 Å². The maximum Gasteiger partial charge on any atom is 0.229 e. The van der Waals surface area contributed by atoms with Crippen LogP contribution in [0.5, 0.6) is 0 Å². The van der Waals surface area contributed by atoms with Crippen LogP contribution in [0.15, 0.2) is 61.2 Å². The van der Waals surface area contributed by atoms with Gasteiger partial charge < -0.3 is 4.90 Å². The standard InChI is InChI=1S/C28H35Cl3N2O3S/c1-4-14-28(3)18-25(21-8-6-9-23(31)17-21)26(20-10-12-22(30)13-11-20)33(27(28)34)24(5-2)19-32-37(35,36)16-7-15-29/h4,6,8-13,17,24-26,32H,1,5,7,14-16,18-19H2,2-3H3/t24?,25?,26?,28-/m0/s1. The average molecular weight is 586 g/mol. The molecule has 1 aliphatic rings. The fourth-order valence-corrected chi connectivity index (χ4v) is 7.00. The fourth-order valence-electron chi connectivity index (χ4n) is 5.27. The second-order valence-electron chi connectivity index (χ2n) is 9.90. The minimum absolute atomic E-state index is 0.0163. The molecule has 3 rings (SSSR count). The number of rotatable bonds is 12. The molecular weight excluding hydrogens is 551 g/mol. The van der Waals surface area contributed by atoms with Crippen LogP contribution in [0.3, 0.4) is 0 Å². The number of amides is 1. The van der Waals surface area contributed by atoms with Gasteiger partial charge in [-0.25, -0.2) is 13.1 Å². The molecule has 3 unspecified atom stereocenters. The predicted octanol–water partition coefficient (Wildman–Crippen LogP) is 6.96. The van der Waals surface area contributed by atoms with E-state index in [9.17, 15) is 13.2 Å². The highest BCUT2D eigenvalue weighted by molar-refractivity contribution is 7.89. The molecule has 202 valence electrons. The third-order valence-electron chi connectivity index (χ3n) is 7.14. The Labute approximate surface area is 236 Å². The molecule has 1 amide bonds. The Morgan fingerprint density at radius 2 is 1.86 bits per heavy atom. The predicted molar refractivity (Wildman–Crippen MR) is 154 cm³/mol. The molecule has 1 fully saturated rings. The molecule has 2 aromatic rings. The Balaban J connectivity index is 2.13. The van der Waals surface area contributed by atoms with Gasteiger partial charge in [-0.15, -0.1) is 18.2 Å². The minimum atomic E-state index is -3.53. The molecule has 0 bridgehead atoms. The lowest BCUT2D eigenvalue weighted by Crippen LogP contribution is -2.57. The molecule has 0 aliphatic carbocycles. The van der Waals surface area contributed by atoms with E-state index < -0.39 is 15.4 Å². The summed E-state index contributed by atoms with van der Waals surface area (Å²) in [5.74, 6) is 0.116. The van der Waals surface area contributed by atoms with Gasteiger partial charge >= 0.3 is 0 Å². The van der Waals surface area contributed by atoms with E-state index >= 15 is 0 Å². The first kappa shape index (κ1) is 30.0. The van der Waals surface area contributed by atoms with Crippen molar-refractivity contribution < 1.29 is 13.2 Å². The lowest BCUT2D eigenvalue weighted by atomic mass is 9.67. The number of halogens is 3. The van der Waals surface area contributed by atoms with Gasteiger partial charge in [0, 0.05) is 34.4 Å². The summed E-state index contributed by atoms with van der Waals surface area (Å²) in [6, 6.07) is 14.6. The van der Waals surface area contributed by atoms with Crippen molar-refractivity contribution in [1.82, 2.24) is 9.62 Å². The van der Waals surface area contributed by atoms with Gasteiger partial charge in [0.2, 0.25) is 15.9 Å². The van der Waals surface area contributed by atoms with Crippen LogP contribution in [0.4, 0.5) is 0 Å². The molecule has 1 heterocycles. The number of nitrogens with zero attached hydrogens (tertiary/aromatic N) is 1. The van der Waals surface area contributed by atoms with E-state index in [1.807, 2.05) is 67.3 Å². The smallest absolute Gasteiger partial charge is 0.229 e. The molecule has 37 heavy (non-hydrogen) atoms. The Morgan fingerprint density at radius 1 is 1.16 bits per heavy atom. The monoisotopic (exact) mass is 584 g/mol. The lowest BCUT2D eigenvalue weighted by Gasteiger charge is -2.52. The van der Waals surface area contributed by atoms with Gasteiger partial charge in [-0.3, -0.25) is 4.79 Å². The average Bonchev–Trinajstić information content (AvgIpc) is 2.86. The molecule has 2 aromatic carbocycles. The van der Waals surface area contributed by atoms with E-state index in [2.05, 4.69) is 11.3 Å². The number of hydrogen-bond acceptors (Lipinski definition) is 3. The zero-order chi connectivity index (χ0) is 27.2. The molecule has 1 N–H and O–H groups in total. The summed E-state index contributed by atoms with van der Waals surface area (Å²) >= 11 is 18.3. The maximum atomic E-state index is 14.3. The van der Waals surface area contributed by atoms with Crippen LogP contribution in [0.1, 0.15) is 62.6 Å². The van der Waals surface area contributed by atoms with Crippen LogP contribution in [-0.2, 0) is 14.8 Å². The van der Waals surface area contributed by atoms with Crippen molar-refractivity contribution in [1.29, 1.82) is 0 Å². The molecule has 0 saturated carbocycles. The normalized spacial score (nSPS) is 23.2. The summed E-state index contributed by atoms with van der Waals surface area (Å²) in [4.78, 5) is 16.2. The Hall–Kier alpha value is -1.57. The summed E-state index contributed by atoms with van der Waals surface area (Å²) < 4.78 is 27.9. The summed E-state index contributed by atoms with van der Waals surface area (Å²) in [7, 11) is -3.53. The van der Waals surface area contributed by atoms with E-state index in [1.54, 1.807) is 6.08 Å².